The highest BCUT2D eigenvalue weighted by atomic mass is 32.2. The lowest BCUT2D eigenvalue weighted by Gasteiger charge is -2.30. The molecule has 0 aliphatic rings. The third-order valence-corrected chi connectivity index (χ3v) is 8.51. The summed E-state index contributed by atoms with van der Waals surface area (Å²) >= 11 is 0. The normalized spacial score (nSPS) is 12.7. The second-order valence-corrected chi connectivity index (χ2v) is 11.3. The summed E-state index contributed by atoms with van der Waals surface area (Å²) in [5, 5.41) is 0.432. The summed E-state index contributed by atoms with van der Waals surface area (Å²) in [6, 6.07) is 19.7. The quantitative estimate of drug-likeness (QED) is 0.277. The van der Waals surface area contributed by atoms with Crippen LogP contribution in [0.4, 0.5) is 0 Å². The molecule has 1 aromatic heterocycles. The maximum Gasteiger partial charge on any atom is 0.266 e. The minimum Gasteiger partial charge on any atom is -0.497 e. The van der Waals surface area contributed by atoms with Crippen molar-refractivity contribution in [1.29, 1.82) is 0 Å². The predicted molar refractivity (Wildman–Crippen MR) is 149 cm³/mol. The van der Waals surface area contributed by atoms with Crippen LogP contribution in [-0.4, -0.2) is 43.0 Å². The van der Waals surface area contributed by atoms with Gasteiger partial charge < -0.3 is 9.47 Å². The number of fused-ring (bicyclic) bond motifs is 1. The van der Waals surface area contributed by atoms with Gasteiger partial charge in [0.2, 0.25) is 10.0 Å². The third-order valence-electron chi connectivity index (χ3n) is 6.53. The Morgan fingerprint density at radius 1 is 0.895 bits per heavy atom. The van der Waals surface area contributed by atoms with Crippen molar-refractivity contribution in [3.8, 4) is 17.2 Å². The summed E-state index contributed by atoms with van der Waals surface area (Å²) in [6.07, 6.45) is 0.631. The Balaban J connectivity index is 1.96. The van der Waals surface area contributed by atoms with Crippen molar-refractivity contribution >= 4 is 20.9 Å². The van der Waals surface area contributed by atoms with Gasteiger partial charge in [0.15, 0.2) is 0 Å². The van der Waals surface area contributed by atoms with Gasteiger partial charge in [-0.15, -0.1) is 0 Å². The lowest BCUT2D eigenvalue weighted by atomic mass is 10.1. The van der Waals surface area contributed by atoms with E-state index in [2.05, 4.69) is 0 Å². The van der Waals surface area contributed by atoms with Gasteiger partial charge in [-0.3, -0.25) is 9.36 Å². The number of para-hydroxylation sites is 3. The zero-order valence-corrected chi connectivity index (χ0v) is 23.1. The highest BCUT2D eigenvalue weighted by Gasteiger charge is 2.33. The van der Waals surface area contributed by atoms with Gasteiger partial charge in [0, 0.05) is 6.54 Å². The van der Waals surface area contributed by atoms with Crippen molar-refractivity contribution in [2.24, 2.45) is 5.92 Å². The van der Waals surface area contributed by atoms with Gasteiger partial charge in [-0.05, 0) is 67.8 Å². The van der Waals surface area contributed by atoms with Crippen LogP contribution in [0.25, 0.3) is 16.6 Å². The molecule has 4 rings (SSSR count). The summed E-state index contributed by atoms with van der Waals surface area (Å²) < 4.78 is 41.7. The number of aromatic nitrogens is 2. The predicted octanol–water partition coefficient (Wildman–Crippen LogP) is 5.20. The van der Waals surface area contributed by atoms with Crippen molar-refractivity contribution in [2.45, 2.75) is 38.1 Å². The molecular weight excluding hydrogens is 502 g/mol. The fourth-order valence-corrected chi connectivity index (χ4v) is 6.00. The van der Waals surface area contributed by atoms with Crippen LogP contribution in [0, 0.1) is 5.92 Å². The average molecular weight is 536 g/mol. The van der Waals surface area contributed by atoms with Gasteiger partial charge in [0.05, 0.1) is 41.7 Å². The van der Waals surface area contributed by atoms with E-state index in [0.717, 1.165) is 0 Å². The maximum absolute atomic E-state index is 14.0. The molecule has 4 aromatic rings. The fourth-order valence-electron chi connectivity index (χ4n) is 4.40. The van der Waals surface area contributed by atoms with Gasteiger partial charge >= 0.3 is 0 Å². The van der Waals surface area contributed by atoms with E-state index in [1.165, 1.54) is 35.2 Å². The van der Waals surface area contributed by atoms with E-state index in [4.69, 9.17) is 14.5 Å². The molecule has 0 amide bonds. The fraction of sp³-hybridized carbons (Fsp3) is 0.310. The molecule has 3 aromatic carbocycles. The summed E-state index contributed by atoms with van der Waals surface area (Å²) in [6.45, 7) is 6.11. The zero-order valence-electron chi connectivity index (χ0n) is 22.3. The molecule has 1 unspecified atom stereocenters. The molecule has 0 spiro atoms. The number of rotatable bonds is 10. The standard InChI is InChI=1S/C29H33N3O5S/c1-20(2)18-19-31(38(34,35)23-16-14-22(36-4)15-17-23)21(3)28-30-25-11-7-6-10-24(25)29(33)32(28)26-12-8-9-13-27(26)37-5/h6-17,20-21H,18-19H2,1-5H3. The molecule has 0 bridgehead atoms. The first-order valence-corrected chi connectivity index (χ1v) is 13.9. The van der Waals surface area contributed by atoms with Gasteiger partial charge in [-0.2, -0.15) is 4.31 Å². The molecule has 1 atom stereocenters. The largest absolute Gasteiger partial charge is 0.497 e. The molecule has 8 nitrogen and oxygen atoms in total. The minimum absolute atomic E-state index is 0.140. The van der Waals surface area contributed by atoms with Crippen molar-refractivity contribution < 1.29 is 17.9 Å². The first-order valence-electron chi connectivity index (χ1n) is 12.5. The Hall–Kier alpha value is -3.69. The van der Waals surface area contributed by atoms with E-state index in [0.29, 0.717) is 40.3 Å². The monoisotopic (exact) mass is 535 g/mol. The van der Waals surface area contributed by atoms with Gasteiger partial charge in [0.25, 0.3) is 5.56 Å². The van der Waals surface area contributed by atoms with Gasteiger partial charge in [-0.25, -0.2) is 13.4 Å². The number of nitrogens with zero attached hydrogens (tertiary/aromatic N) is 3. The Bertz CT molecular complexity index is 1580. The van der Waals surface area contributed by atoms with Crippen molar-refractivity contribution in [2.75, 3.05) is 20.8 Å². The number of ether oxygens (including phenoxy) is 2. The second kappa shape index (κ2) is 11.4. The van der Waals surface area contributed by atoms with Crippen LogP contribution in [0.15, 0.2) is 82.5 Å². The number of sulfonamides is 1. The molecule has 9 heteroatoms. The van der Waals surface area contributed by atoms with E-state index >= 15 is 0 Å². The number of benzene rings is 3. The summed E-state index contributed by atoms with van der Waals surface area (Å²) in [5.41, 5.74) is 0.689. The summed E-state index contributed by atoms with van der Waals surface area (Å²) in [7, 11) is -0.896. The van der Waals surface area contributed by atoms with Crippen LogP contribution >= 0.6 is 0 Å². The molecule has 1 heterocycles. The molecule has 200 valence electrons. The SMILES string of the molecule is COc1ccc(S(=O)(=O)N(CCC(C)C)C(C)c2nc3ccccc3c(=O)n2-c2ccccc2OC)cc1. The van der Waals surface area contributed by atoms with Crippen LogP contribution in [0.3, 0.4) is 0 Å². The van der Waals surface area contributed by atoms with Crippen LogP contribution < -0.4 is 15.0 Å². The first kappa shape index (κ1) is 27.3. The zero-order chi connectivity index (χ0) is 27.4. The lowest BCUT2D eigenvalue weighted by molar-refractivity contribution is 0.308. The van der Waals surface area contributed by atoms with Crippen molar-refractivity contribution in [1.82, 2.24) is 13.9 Å². The molecule has 0 saturated heterocycles. The number of hydrogen-bond acceptors (Lipinski definition) is 6. The lowest BCUT2D eigenvalue weighted by Crippen LogP contribution is -2.38. The average Bonchev–Trinajstić information content (AvgIpc) is 2.92. The van der Waals surface area contributed by atoms with Gasteiger partial charge in [0.1, 0.15) is 17.3 Å². The molecule has 0 fully saturated rings. The first-order chi connectivity index (χ1) is 18.2. The van der Waals surface area contributed by atoms with Crippen molar-refractivity contribution in [3.05, 3.63) is 89.0 Å². The van der Waals surface area contributed by atoms with E-state index in [1.807, 2.05) is 19.9 Å². The Labute approximate surface area is 223 Å². The van der Waals surface area contributed by atoms with E-state index < -0.39 is 16.1 Å². The van der Waals surface area contributed by atoms with Crippen LogP contribution in [0.5, 0.6) is 11.5 Å². The van der Waals surface area contributed by atoms with Crippen LogP contribution in [0.1, 0.15) is 39.1 Å². The molecule has 0 saturated carbocycles. The minimum atomic E-state index is -3.96. The second-order valence-electron chi connectivity index (χ2n) is 9.45. The maximum atomic E-state index is 14.0. The summed E-state index contributed by atoms with van der Waals surface area (Å²) in [5.74, 6) is 1.61. The highest BCUT2D eigenvalue weighted by molar-refractivity contribution is 7.89. The topological polar surface area (TPSA) is 90.7 Å². The van der Waals surface area contributed by atoms with E-state index in [9.17, 15) is 13.2 Å². The highest BCUT2D eigenvalue weighted by Crippen LogP contribution is 2.31. The van der Waals surface area contributed by atoms with Gasteiger partial charge in [-0.1, -0.05) is 38.1 Å². The Morgan fingerprint density at radius 2 is 1.55 bits per heavy atom. The van der Waals surface area contributed by atoms with Crippen LogP contribution in [0.2, 0.25) is 0 Å². The molecule has 0 aliphatic carbocycles. The smallest absolute Gasteiger partial charge is 0.266 e. The van der Waals surface area contributed by atoms with Crippen molar-refractivity contribution in [3.63, 3.8) is 0 Å². The third kappa shape index (κ3) is 5.30. The number of methoxy groups -OCH3 is 2. The van der Waals surface area contributed by atoms with Crippen LogP contribution in [-0.2, 0) is 10.0 Å². The Kier molecular flexibility index (Phi) is 8.18. The molecule has 0 N–H and O–H groups in total. The van der Waals surface area contributed by atoms with E-state index in [-0.39, 0.29) is 22.9 Å². The molecular formula is C29H33N3O5S. The van der Waals surface area contributed by atoms with E-state index in [1.54, 1.807) is 61.5 Å². The molecule has 0 aliphatic heterocycles. The molecule has 38 heavy (non-hydrogen) atoms. The summed E-state index contributed by atoms with van der Waals surface area (Å²) in [4.78, 5) is 18.9. The number of hydrogen-bond donors (Lipinski definition) is 0. The molecule has 0 radical (unpaired) electrons. The Morgan fingerprint density at radius 3 is 2.21 bits per heavy atom.